The van der Waals surface area contributed by atoms with Gasteiger partial charge in [-0.2, -0.15) is 18.2 Å². The molecule has 14 heteroatoms. The monoisotopic (exact) mass is 551 g/mol. The lowest BCUT2D eigenvalue weighted by atomic mass is 9.95. The second-order valence-electron chi connectivity index (χ2n) is 9.24. The number of nitrogens with zero attached hydrogens (tertiary/aromatic N) is 1. The van der Waals surface area contributed by atoms with Gasteiger partial charge < -0.3 is 30.1 Å². The minimum absolute atomic E-state index is 0.0561. The minimum atomic E-state index is -4.90. The molecule has 0 aliphatic rings. The summed E-state index contributed by atoms with van der Waals surface area (Å²) in [6, 6.07) is 0. The fourth-order valence-electron chi connectivity index (χ4n) is 2.67. The number of carbonyl (C=O) groups is 2. The highest BCUT2D eigenvalue weighted by Crippen LogP contribution is 2.38. The molecule has 2 amide bonds. The Morgan fingerprint density at radius 1 is 0.943 bits per heavy atom. The van der Waals surface area contributed by atoms with Gasteiger partial charge in [-0.25, -0.2) is 0 Å². The number of ether oxygens (including phenoxy) is 3. The Hall–Kier alpha value is -0.770. The molecule has 0 unspecified atom stereocenters. The fraction of sp³-hybridized carbons (Fsp3) is 0.905. The highest BCUT2D eigenvalue weighted by atomic mass is 33.1. The van der Waals surface area contributed by atoms with Crippen LogP contribution in [0.4, 0.5) is 13.2 Å². The van der Waals surface area contributed by atoms with Crippen LogP contribution in [0.15, 0.2) is 0 Å². The molecule has 0 saturated heterocycles. The Kier molecular flexibility index (Phi) is 17.3. The average Bonchev–Trinajstić information content (AvgIpc) is 2.71. The van der Waals surface area contributed by atoms with Crippen molar-refractivity contribution in [3.8, 4) is 0 Å². The zero-order valence-electron chi connectivity index (χ0n) is 21.2. The van der Waals surface area contributed by atoms with E-state index < -0.39 is 12.1 Å². The lowest BCUT2D eigenvalue weighted by Crippen LogP contribution is -2.38. The van der Waals surface area contributed by atoms with Gasteiger partial charge in [0.2, 0.25) is 5.91 Å². The van der Waals surface area contributed by atoms with Gasteiger partial charge in [0.15, 0.2) is 0 Å². The zero-order chi connectivity index (χ0) is 27.0. The molecule has 35 heavy (non-hydrogen) atoms. The lowest BCUT2D eigenvalue weighted by molar-refractivity contribution is -0.173. The van der Waals surface area contributed by atoms with Gasteiger partial charge in [0.25, 0.3) is 0 Å². The van der Waals surface area contributed by atoms with Crippen molar-refractivity contribution in [2.24, 2.45) is 5.41 Å². The first kappa shape index (κ1) is 34.2. The third kappa shape index (κ3) is 21.1. The number of hydrogen-bond acceptors (Lipinski definition) is 9. The predicted octanol–water partition coefficient (Wildman–Crippen LogP) is 3.08. The minimum Gasteiger partial charge on any atom is -0.377 e. The van der Waals surface area contributed by atoms with Gasteiger partial charge in [-0.1, -0.05) is 35.4 Å². The first-order valence-electron chi connectivity index (χ1n) is 11.2. The molecule has 0 aliphatic carbocycles. The molecular weight excluding hydrogens is 511 g/mol. The Balaban J connectivity index is 3.69. The number of amides is 2. The Bertz CT molecular complexity index is 611. The standard InChI is InChI=1S/C21H40F3N3O6S2/c1-19(2,14-27(5)30)15-33-16-34-35-20(3,4)7-6-17(28)25-8-10-31-12-13-32-11-9-26-18(29)21(22,23)24/h30H,6-16H2,1-5H3,(H,25,28)(H,26,29). The van der Waals surface area contributed by atoms with Gasteiger partial charge in [0.1, 0.15) is 5.94 Å². The van der Waals surface area contributed by atoms with Crippen molar-refractivity contribution >= 4 is 33.4 Å². The van der Waals surface area contributed by atoms with Crippen LogP contribution in [-0.4, -0.2) is 98.7 Å². The third-order valence-electron chi connectivity index (χ3n) is 4.25. The normalized spacial score (nSPS) is 12.7. The number of carbonyl (C=O) groups excluding carboxylic acids is 2. The van der Waals surface area contributed by atoms with Gasteiger partial charge in [-0.15, -0.1) is 0 Å². The smallest absolute Gasteiger partial charge is 0.377 e. The highest BCUT2D eigenvalue weighted by Gasteiger charge is 2.38. The molecule has 0 rings (SSSR count). The van der Waals surface area contributed by atoms with Crippen LogP contribution in [-0.2, 0) is 23.8 Å². The Labute approximate surface area is 213 Å². The summed E-state index contributed by atoms with van der Waals surface area (Å²) in [5.41, 5.74) is -0.155. The van der Waals surface area contributed by atoms with E-state index in [4.69, 9.17) is 14.2 Å². The van der Waals surface area contributed by atoms with Crippen LogP contribution < -0.4 is 10.6 Å². The van der Waals surface area contributed by atoms with Crippen molar-refractivity contribution < 1.29 is 42.2 Å². The van der Waals surface area contributed by atoms with Crippen LogP contribution in [0, 0.1) is 5.41 Å². The van der Waals surface area contributed by atoms with Crippen molar-refractivity contribution in [3.05, 3.63) is 0 Å². The summed E-state index contributed by atoms with van der Waals surface area (Å²) in [4.78, 5) is 22.6. The van der Waals surface area contributed by atoms with Gasteiger partial charge in [-0.05, 0) is 20.3 Å². The number of hydroxylamine groups is 2. The van der Waals surface area contributed by atoms with E-state index in [1.165, 1.54) is 0 Å². The summed E-state index contributed by atoms with van der Waals surface area (Å²) in [6.07, 6.45) is -3.83. The molecule has 0 aromatic rings. The molecule has 0 spiro atoms. The van der Waals surface area contributed by atoms with Crippen molar-refractivity contribution in [2.45, 2.75) is 51.5 Å². The number of hydrogen-bond donors (Lipinski definition) is 3. The van der Waals surface area contributed by atoms with Gasteiger partial charge in [0, 0.05) is 43.3 Å². The Morgan fingerprint density at radius 3 is 2.06 bits per heavy atom. The molecule has 0 aliphatic heterocycles. The van der Waals surface area contributed by atoms with Crippen molar-refractivity contribution in [2.75, 3.05) is 65.7 Å². The molecule has 0 bridgehead atoms. The molecule has 0 atom stereocenters. The number of rotatable bonds is 20. The quantitative estimate of drug-likeness (QED) is 0.0910. The third-order valence-corrected chi connectivity index (χ3v) is 7.28. The van der Waals surface area contributed by atoms with E-state index in [2.05, 4.69) is 19.2 Å². The van der Waals surface area contributed by atoms with Gasteiger partial charge >= 0.3 is 12.1 Å². The highest BCUT2D eigenvalue weighted by molar-refractivity contribution is 8.77. The van der Waals surface area contributed by atoms with E-state index in [1.807, 2.05) is 13.8 Å². The molecule has 0 saturated carbocycles. The van der Waals surface area contributed by atoms with Gasteiger partial charge in [0.05, 0.1) is 33.0 Å². The number of nitrogens with one attached hydrogen (secondary N) is 2. The van der Waals surface area contributed by atoms with Crippen molar-refractivity contribution in [3.63, 3.8) is 0 Å². The molecule has 0 aromatic heterocycles. The van der Waals surface area contributed by atoms with Gasteiger partial charge in [-0.3, -0.25) is 9.59 Å². The summed E-state index contributed by atoms with van der Waals surface area (Å²) < 4.78 is 51.9. The summed E-state index contributed by atoms with van der Waals surface area (Å²) in [5.74, 6) is -1.55. The Morgan fingerprint density at radius 2 is 1.51 bits per heavy atom. The van der Waals surface area contributed by atoms with Crippen molar-refractivity contribution in [1.29, 1.82) is 0 Å². The first-order chi connectivity index (χ1) is 16.1. The first-order valence-corrected chi connectivity index (χ1v) is 13.5. The van der Waals surface area contributed by atoms with E-state index in [0.717, 1.165) is 5.06 Å². The summed E-state index contributed by atoms with van der Waals surface area (Å²) in [6.45, 7) is 9.94. The topological polar surface area (TPSA) is 109 Å². The van der Waals surface area contributed by atoms with E-state index >= 15 is 0 Å². The summed E-state index contributed by atoms with van der Waals surface area (Å²) >= 11 is 0. The molecule has 9 nitrogen and oxygen atoms in total. The predicted molar refractivity (Wildman–Crippen MR) is 131 cm³/mol. The summed E-state index contributed by atoms with van der Waals surface area (Å²) in [7, 11) is 4.86. The number of alkyl halides is 3. The van der Waals surface area contributed by atoms with Crippen molar-refractivity contribution in [1.82, 2.24) is 15.7 Å². The second-order valence-corrected chi connectivity index (χ2v) is 12.2. The lowest BCUT2D eigenvalue weighted by Gasteiger charge is -2.27. The molecule has 0 radical (unpaired) electrons. The van der Waals surface area contributed by atoms with E-state index in [0.29, 0.717) is 38.5 Å². The van der Waals surface area contributed by atoms with Crippen LogP contribution in [0.5, 0.6) is 0 Å². The maximum Gasteiger partial charge on any atom is 0.471 e. The molecule has 208 valence electrons. The van der Waals surface area contributed by atoms with Crippen LogP contribution in [0.25, 0.3) is 0 Å². The van der Waals surface area contributed by atoms with Crippen LogP contribution in [0.1, 0.15) is 40.5 Å². The molecule has 0 aromatic carbocycles. The second kappa shape index (κ2) is 17.6. The van der Waals surface area contributed by atoms with Crippen LogP contribution >= 0.6 is 21.6 Å². The number of halogens is 3. The molecular formula is C21H40F3N3O6S2. The van der Waals surface area contributed by atoms with E-state index in [-0.39, 0.29) is 49.0 Å². The summed E-state index contributed by atoms with van der Waals surface area (Å²) in [5, 5.41) is 15.0. The largest absolute Gasteiger partial charge is 0.471 e. The SMILES string of the molecule is CN(O)CC(C)(C)COCSSC(C)(C)CCC(=O)NCCOCCOCCNC(=O)C(F)(F)F. The fourth-order valence-corrected chi connectivity index (χ4v) is 4.93. The van der Waals surface area contributed by atoms with Crippen LogP contribution in [0.3, 0.4) is 0 Å². The molecule has 0 heterocycles. The van der Waals surface area contributed by atoms with E-state index in [9.17, 15) is 28.0 Å². The van der Waals surface area contributed by atoms with E-state index in [1.54, 1.807) is 34.0 Å². The molecule has 0 fully saturated rings. The maximum atomic E-state index is 12.0. The zero-order valence-corrected chi connectivity index (χ0v) is 22.8. The average molecular weight is 552 g/mol. The maximum absolute atomic E-state index is 12.0. The van der Waals surface area contributed by atoms with Crippen LogP contribution in [0.2, 0.25) is 0 Å². The molecule has 3 N–H and O–H groups in total.